The molecule has 2 aromatic heterocycles. The molecule has 4 nitrogen and oxygen atoms in total. The van der Waals surface area contributed by atoms with E-state index in [2.05, 4.69) is 35.7 Å². The first-order valence-electron chi connectivity index (χ1n) is 8.12. The monoisotopic (exact) mass is 349 g/mol. The van der Waals surface area contributed by atoms with E-state index in [9.17, 15) is 0 Å². The zero-order chi connectivity index (χ0) is 17.4. The molecule has 0 saturated heterocycles. The molecule has 2 N–H and O–H groups in total. The van der Waals surface area contributed by atoms with E-state index in [1.165, 1.54) is 16.0 Å². The topological polar surface area (TPSA) is 52.5 Å². The fourth-order valence-electron chi connectivity index (χ4n) is 3.04. The molecule has 25 heavy (non-hydrogen) atoms. The Morgan fingerprint density at radius 1 is 1.16 bits per heavy atom. The lowest BCUT2D eigenvalue weighted by Gasteiger charge is -2.09. The van der Waals surface area contributed by atoms with Crippen LogP contribution in [-0.4, -0.2) is 16.5 Å². The van der Waals surface area contributed by atoms with E-state index >= 15 is 0 Å². The van der Waals surface area contributed by atoms with E-state index in [-0.39, 0.29) is 0 Å². The van der Waals surface area contributed by atoms with Crippen molar-refractivity contribution in [3.8, 4) is 27.4 Å². The Hall–Kier alpha value is -2.63. The molecule has 0 radical (unpaired) electrons. The average molecular weight is 349 g/mol. The van der Waals surface area contributed by atoms with Crippen molar-refractivity contribution in [2.75, 3.05) is 7.11 Å². The average Bonchev–Trinajstić information content (AvgIpc) is 3.20. The Morgan fingerprint density at radius 3 is 2.68 bits per heavy atom. The van der Waals surface area contributed by atoms with Crippen LogP contribution in [0.3, 0.4) is 0 Å². The Kier molecular flexibility index (Phi) is 4.03. The van der Waals surface area contributed by atoms with Gasteiger partial charge in [-0.15, -0.1) is 0 Å². The number of ether oxygens (including phenoxy) is 1. The lowest BCUT2D eigenvalue weighted by atomic mass is 10.1. The number of nitrogens with zero attached hydrogens (tertiary/aromatic N) is 2. The molecule has 0 amide bonds. The third kappa shape index (κ3) is 2.71. The van der Waals surface area contributed by atoms with Gasteiger partial charge in [-0.05, 0) is 24.6 Å². The molecule has 0 unspecified atom stereocenters. The molecule has 0 bridgehead atoms. The van der Waals surface area contributed by atoms with E-state index in [4.69, 9.17) is 15.5 Å². The Balaban J connectivity index is 1.90. The summed E-state index contributed by atoms with van der Waals surface area (Å²) < 4.78 is 7.63. The maximum Gasteiger partial charge on any atom is 0.195 e. The van der Waals surface area contributed by atoms with Gasteiger partial charge >= 0.3 is 0 Å². The van der Waals surface area contributed by atoms with Crippen LogP contribution < -0.4 is 10.5 Å². The number of fused-ring (bicyclic) bond motifs is 1. The first-order chi connectivity index (χ1) is 12.2. The summed E-state index contributed by atoms with van der Waals surface area (Å²) in [6.45, 7) is 2.48. The largest absolute Gasteiger partial charge is 0.496 e. The standard InChI is InChI=1S/C20H19N3OS/c1-13-8-9-17(24-2)15(10-13)19-16(11-21)23-12-18(25-20(23)22-19)14-6-4-3-5-7-14/h3-10,12H,11,21H2,1-2H3. The van der Waals surface area contributed by atoms with Crippen LogP contribution in [0.25, 0.3) is 26.7 Å². The van der Waals surface area contributed by atoms with Gasteiger partial charge in [0.25, 0.3) is 0 Å². The van der Waals surface area contributed by atoms with Crippen LogP contribution in [0.15, 0.2) is 54.7 Å². The lowest BCUT2D eigenvalue weighted by molar-refractivity contribution is 0.416. The van der Waals surface area contributed by atoms with Crippen LogP contribution in [0.5, 0.6) is 5.75 Å². The van der Waals surface area contributed by atoms with Gasteiger partial charge in [0.1, 0.15) is 5.75 Å². The van der Waals surface area contributed by atoms with E-state index in [1.807, 2.05) is 30.3 Å². The van der Waals surface area contributed by atoms with E-state index < -0.39 is 0 Å². The smallest absolute Gasteiger partial charge is 0.195 e. The summed E-state index contributed by atoms with van der Waals surface area (Å²) >= 11 is 1.67. The summed E-state index contributed by atoms with van der Waals surface area (Å²) in [5.74, 6) is 0.814. The molecule has 2 aromatic carbocycles. The highest BCUT2D eigenvalue weighted by Gasteiger charge is 2.19. The van der Waals surface area contributed by atoms with Crippen LogP contribution in [0.2, 0.25) is 0 Å². The summed E-state index contributed by atoms with van der Waals surface area (Å²) in [4.78, 5) is 6.99. The molecule has 0 aliphatic heterocycles. The fraction of sp³-hybridized carbons (Fsp3) is 0.150. The van der Waals surface area contributed by atoms with Gasteiger partial charge in [0, 0.05) is 18.3 Å². The predicted octanol–water partition coefficient (Wildman–Crippen LogP) is 4.51. The maximum atomic E-state index is 6.08. The van der Waals surface area contributed by atoms with Gasteiger partial charge < -0.3 is 10.5 Å². The molecule has 0 atom stereocenters. The summed E-state index contributed by atoms with van der Waals surface area (Å²) in [6.07, 6.45) is 2.12. The fourth-order valence-corrected chi connectivity index (χ4v) is 4.05. The molecule has 0 spiro atoms. The van der Waals surface area contributed by atoms with Crippen molar-refractivity contribution < 1.29 is 4.74 Å². The number of hydrogen-bond acceptors (Lipinski definition) is 4. The number of imidazole rings is 1. The number of thiazole rings is 1. The van der Waals surface area contributed by atoms with E-state index in [1.54, 1.807) is 18.4 Å². The number of methoxy groups -OCH3 is 1. The molecule has 4 rings (SSSR count). The Labute approximate surface area is 150 Å². The zero-order valence-electron chi connectivity index (χ0n) is 14.2. The number of aromatic nitrogens is 2. The minimum Gasteiger partial charge on any atom is -0.496 e. The van der Waals surface area contributed by atoms with Crippen LogP contribution in [0.4, 0.5) is 0 Å². The Bertz CT molecular complexity index is 1030. The molecule has 5 heteroatoms. The van der Waals surface area contributed by atoms with E-state index in [0.29, 0.717) is 6.54 Å². The van der Waals surface area contributed by atoms with Gasteiger partial charge in [0.15, 0.2) is 4.96 Å². The number of hydrogen-bond donors (Lipinski definition) is 1. The predicted molar refractivity (Wildman–Crippen MR) is 103 cm³/mol. The zero-order valence-corrected chi connectivity index (χ0v) is 15.0. The molecular formula is C20H19N3OS. The summed E-state index contributed by atoms with van der Waals surface area (Å²) in [6, 6.07) is 16.5. The first-order valence-corrected chi connectivity index (χ1v) is 8.94. The van der Waals surface area contributed by atoms with Crippen molar-refractivity contribution in [3.05, 3.63) is 66.0 Å². The van der Waals surface area contributed by atoms with Gasteiger partial charge in [0.05, 0.1) is 23.4 Å². The van der Waals surface area contributed by atoms with Crippen LogP contribution in [0, 0.1) is 6.92 Å². The van der Waals surface area contributed by atoms with Crippen molar-refractivity contribution in [2.45, 2.75) is 13.5 Å². The summed E-state index contributed by atoms with van der Waals surface area (Å²) in [5.41, 5.74) is 11.3. The molecule has 0 fully saturated rings. The van der Waals surface area contributed by atoms with Gasteiger partial charge in [-0.25, -0.2) is 4.98 Å². The van der Waals surface area contributed by atoms with Gasteiger partial charge in [-0.2, -0.15) is 0 Å². The quantitative estimate of drug-likeness (QED) is 0.590. The van der Waals surface area contributed by atoms with Crippen molar-refractivity contribution in [3.63, 3.8) is 0 Å². The van der Waals surface area contributed by atoms with Crippen LogP contribution >= 0.6 is 11.3 Å². The molecule has 0 aliphatic rings. The van der Waals surface area contributed by atoms with E-state index in [0.717, 1.165) is 27.7 Å². The second-order valence-electron chi connectivity index (χ2n) is 5.93. The highest BCUT2D eigenvalue weighted by atomic mass is 32.1. The molecule has 0 saturated carbocycles. The summed E-state index contributed by atoms with van der Waals surface area (Å²) in [5, 5.41) is 0. The third-order valence-electron chi connectivity index (χ3n) is 4.29. The van der Waals surface area contributed by atoms with Gasteiger partial charge in [0.2, 0.25) is 0 Å². The molecule has 126 valence electrons. The number of benzene rings is 2. The lowest BCUT2D eigenvalue weighted by Crippen LogP contribution is -2.02. The third-order valence-corrected chi connectivity index (χ3v) is 5.32. The number of rotatable bonds is 4. The second-order valence-corrected chi connectivity index (χ2v) is 6.94. The van der Waals surface area contributed by atoms with Crippen LogP contribution in [-0.2, 0) is 6.54 Å². The molecule has 0 aliphatic carbocycles. The molecule has 4 aromatic rings. The van der Waals surface area contributed by atoms with Gasteiger partial charge in [-0.1, -0.05) is 53.3 Å². The Morgan fingerprint density at radius 2 is 1.96 bits per heavy atom. The molecule has 2 heterocycles. The summed E-state index contributed by atoms with van der Waals surface area (Å²) in [7, 11) is 1.68. The normalized spacial score (nSPS) is 11.2. The van der Waals surface area contributed by atoms with Crippen molar-refractivity contribution in [1.29, 1.82) is 0 Å². The second kappa shape index (κ2) is 6.35. The van der Waals surface area contributed by atoms with Crippen molar-refractivity contribution >= 4 is 16.3 Å². The van der Waals surface area contributed by atoms with Gasteiger partial charge in [-0.3, -0.25) is 4.40 Å². The maximum absolute atomic E-state index is 6.08. The minimum absolute atomic E-state index is 0.415. The van der Waals surface area contributed by atoms with Crippen LogP contribution in [0.1, 0.15) is 11.3 Å². The molecular weight excluding hydrogens is 330 g/mol. The SMILES string of the molecule is COc1ccc(C)cc1-c1nc2sc(-c3ccccc3)cn2c1CN. The minimum atomic E-state index is 0.415. The van der Waals surface area contributed by atoms with Crippen molar-refractivity contribution in [1.82, 2.24) is 9.38 Å². The van der Waals surface area contributed by atoms with Crippen molar-refractivity contribution in [2.24, 2.45) is 5.73 Å². The highest BCUT2D eigenvalue weighted by Crippen LogP contribution is 2.36. The first kappa shape index (κ1) is 15.9. The number of nitrogens with two attached hydrogens (primary N) is 1. The number of aryl methyl sites for hydroxylation is 1. The highest BCUT2D eigenvalue weighted by molar-refractivity contribution is 7.20.